The van der Waals surface area contributed by atoms with E-state index in [1.807, 2.05) is 6.92 Å². The Morgan fingerprint density at radius 3 is 2.52 bits per heavy atom. The van der Waals surface area contributed by atoms with Crippen molar-refractivity contribution in [2.24, 2.45) is 0 Å². The summed E-state index contributed by atoms with van der Waals surface area (Å²) in [7, 11) is 0. The molecule has 6 heteroatoms. The number of imidazole rings is 1. The molecule has 23 heavy (non-hydrogen) atoms. The molecule has 1 atom stereocenters. The van der Waals surface area contributed by atoms with E-state index in [1.54, 1.807) is 35.8 Å². The molecule has 0 saturated heterocycles. The first-order valence-corrected chi connectivity index (χ1v) is 7.09. The highest BCUT2D eigenvalue weighted by molar-refractivity contribution is 5.79. The number of carboxylic acids is 1. The molecule has 0 fully saturated rings. The minimum atomic E-state index is -0.974. The van der Waals surface area contributed by atoms with Crippen molar-refractivity contribution in [2.75, 3.05) is 0 Å². The number of hydrogen-bond acceptors (Lipinski definition) is 3. The predicted molar refractivity (Wildman–Crippen MR) is 82.4 cm³/mol. The highest BCUT2D eigenvalue weighted by atomic mass is 19.1. The van der Waals surface area contributed by atoms with Crippen LogP contribution in [0.4, 0.5) is 4.39 Å². The molecule has 5 nitrogen and oxygen atoms in total. The summed E-state index contributed by atoms with van der Waals surface area (Å²) in [6.07, 6.45) is 1.46. The molecular weight excluding hydrogens is 299 g/mol. The summed E-state index contributed by atoms with van der Waals surface area (Å²) in [6.45, 7) is 3.38. The number of hydrogen-bond donors (Lipinski definition) is 1. The molecule has 0 amide bonds. The zero-order valence-corrected chi connectivity index (χ0v) is 12.7. The zero-order valence-electron chi connectivity index (χ0n) is 12.7. The summed E-state index contributed by atoms with van der Waals surface area (Å²) in [5, 5.41) is 9.30. The van der Waals surface area contributed by atoms with Crippen LogP contribution in [0.2, 0.25) is 0 Å². The van der Waals surface area contributed by atoms with Crippen molar-refractivity contribution < 1.29 is 18.7 Å². The molecule has 0 aliphatic carbocycles. The summed E-state index contributed by atoms with van der Waals surface area (Å²) >= 11 is 0. The van der Waals surface area contributed by atoms with Crippen LogP contribution < -0.4 is 0 Å². The van der Waals surface area contributed by atoms with Crippen molar-refractivity contribution in [3.63, 3.8) is 0 Å². The Bertz CT molecular complexity index is 849. The zero-order chi connectivity index (χ0) is 16.6. The van der Waals surface area contributed by atoms with E-state index in [9.17, 15) is 14.3 Å². The van der Waals surface area contributed by atoms with Gasteiger partial charge in [0.05, 0.1) is 12.0 Å². The molecule has 1 N–H and O–H groups in total. The average Bonchev–Trinajstić information content (AvgIpc) is 3.13. The summed E-state index contributed by atoms with van der Waals surface area (Å²) < 4.78 is 20.3. The molecular formula is C17H15FN2O3. The van der Waals surface area contributed by atoms with Crippen molar-refractivity contribution in [3.8, 4) is 22.7 Å². The van der Waals surface area contributed by atoms with Crippen LogP contribution in [0.3, 0.4) is 0 Å². The van der Waals surface area contributed by atoms with Crippen molar-refractivity contribution in [1.82, 2.24) is 9.55 Å². The maximum Gasteiger partial charge on any atom is 0.326 e. The average molecular weight is 314 g/mol. The first-order chi connectivity index (χ1) is 11.0. The molecule has 3 rings (SSSR count). The van der Waals surface area contributed by atoms with Gasteiger partial charge >= 0.3 is 5.97 Å². The Balaban J connectivity index is 2.20. The molecule has 0 aliphatic heterocycles. The van der Waals surface area contributed by atoms with E-state index in [1.165, 1.54) is 18.5 Å². The van der Waals surface area contributed by atoms with Gasteiger partial charge in [0, 0.05) is 5.56 Å². The van der Waals surface area contributed by atoms with Crippen LogP contribution in [0, 0.1) is 12.7 Å². The molecule has 1 aromatic carbocycles. The minimum absolute atomic E-state index is 0.345. The van der Waals surface area contributed by atoms with Crippen LogP contribution in [0.1, 0.15) is 18.7 Å². The van der Waals surface area contributed by atoms with Gasteiger partial charge in [-0.2, -0.15) is 0 Å². The number of carbonyl (C=O) groups is 1. The maximum atomic E-state index is 13.1. The van der Waals surface area contributed by atoms with Gasteiger partial charge in [0.15, 0.2) is 5.76 Å². The molecule has 0 bridgehead atoms. The summed E-state index contributed by atoms with van der Waals surface area (Å²) in [5.41, 5.74) is 1.79. The SMILES string of the molecule is Cc1ccc(-c2c(-c3ccc(F)cc3)ncn2[C@@H](C)C(=O)O)o1. The van der Waals surface area contributed by atoms with E-state index >= 15 is 0 Å². The van der Waals surface area contributed by atoms with Gasteiger partial charge in [-0.25, -0.2) is 14.2 Å². The second-order valence-corrected chi connectivity index (χ2v) is 5.28. The number of rotatable bonds is 4. The quantitative estimate of drug-likeness (QED) is 0.793. The van der Waals surface area contributed by atoms with Gasteiger partial charge < -0.3 is 14.1 Å². The van der Waals surface area contributed by atoms with Crippen LogP contribution in [-0.4, -0.2) is 20.6 Å². The highest BCUT2D eigenvalue weighted by Gasteiger charge is 2.23. The number of aromatic nitrogens is 2. The Hall–Kier alpha value is -2.89. The largest absolute Gasteiger partial charge is 0.480 e. The third-order valence-electron chi connectivity index (χ3n) is 3.66. The summed E-state index contributed by atoms with van der Waals surface area (Å²) in [4.78, 5) is 15.7. The van der Waals surface area contributed by atoms with Crippen molar-refractivity contribution in [1.29, 1.82) is 0 Å². The molecule has 3 aromatic rings. The number of halogens is 1. The lowest BCUT2D eigenvalue weighted by Gasteiger charge is -2.12. The van der Waals surface area contributed by atoms with E-state index in [-0.39, 0.29) is 5.82 Å². The van der Waals surface area contributed by atoms with E-state index < -0.39 is 12.0 Å². The number of aryl methyl sites for hydroxylation is 1. The van der Waals surface area contributed by atoms with Gasteiger partial charge in [0.1, 0.15) is 23.3 Å². The lowest BCUT2D eigenvalue weighted by Crippen LogP contribution is -2.15. The Labute approximate surface area is 132 Å². The topological polar surface area (TPSA) is 68.3 Å². The standard InChI is InChI=1S/C17H15FN2O3/c1-10-3-8-14(23-10)16-15(12-4-6-13(18)7-5-12)19-9-20(16)11(2)17(21)22/h3-9,11H,1-2H3,(H,21,22)/t11-/m0/s1. The van der Waals surface area contributed by atoms with Crippen molar-refractivity contribution in [2.45, 2.75) is 19.9 Å². The number of benzene rings is 1. The molecule has 0 saturated carbocycles. The van der Waals surface area contributed by atoms with Crippen LogP contribution in [0.5, 0.6) is 0 Å². The Morgan fingerprint density at radius 2 is 1.96 bits per heavy atom. The number of aliphatic carboxylic acids is 1. The molecule has 0 unspecified atom stereocenters. The fourth-order valence-electron chi connectivity index (χ4n) is 2.40. The lowest BCUT2D eigenvalue weighted by molar-refractivity contribution is -0.140. The fourth-order valence-corrected chi connectivity index (χ4v) is 2.40. The first-order valence-electron chi connectivity index (χ1n) is 7.09. The second-order valence-electron chi connectivity index (χ2n) is 5.28. The second kappa shape index (κ2) is 5.72. The predicted octanol–water partition coefficient (Wildman–Crippen LogP) is 3.90. The molecule has 118 valence electrons. The van der Waals surface area contributed by atoms with Crippen molar-refractivity contribution in [3.05, 3.63) is 54.3 Å². The normalized spacial score (nSPS) is 12.3. The molecule has 0 aliphatic rings. The van der Waals surface area contributed by atoms with E-state index in [0.717, 1.165) is 0 Å². The number of carboxylic acid groups (broad SMARTS) is 1. The van der Waals surface area contributed by atoms with Crippen LogP contribution in [-0.2, 0) is 4.79 Å². The third kappa shape index (κ3) is 2.75. The van der Waals surface area contributed by atoms with Gasteiger partial charge in [-0.1, -0.05) is 0 Å². The van der Waals surface area contributed by atoms with Crippen LogP contribution in [0.25, 0.3) is 22.7 Å². The Morgan fingerprint density at radius 1 is 1.26 bits per heavy atom. The van der Waals surface area contributed by atoms with E-state index in [2.05, 4.69) is 4.98 Å². The maximum absolute atomic E-state index is 13.1. The molecule has 2 heterocycles. The number of nitrogens with zero attached hydrogens (tertiary/aromatic N) is 2. The minimum Gasteiger partial charge on any atom is -0.480 e. The lowest BCUT2D eigenvalue weighted by atomic mass is 10.1. The third-order valence-corrected chi connectivity index (χ3v) is 3.66. The number of furan rings is 1. The summed E-state index contributed by atoms with van der Waals surface area (Å²) in [6, 6.07) is 8.64. The van der Waals surface area contributed by atoms with Crippen LogP contribution in [0.15, 0.2) is 47.1 Å². The first kappa shape index (κ1) is 15.0. The monoisotopic (exact) mass is 314 g/mol. The Kier molecular flexibility index (Phi) is 3.73. The van der Waals surface area contributed by atoms with Gasteiger partial charge in [-0.15, -0.1) is 0 Å². The fraction of sp³-hybridized carbons (Fsp3) is 0.176. The smallest absolute Gasteiger partial charge is 0.326 e. The van der Waals surface area contributed by atoms with E-state index in [0.29, 0.717) is 28.5 Å². The molecule has 0 spiro atoms. The van der Waals surface area contributed by atoms with Gasteiger partial charge in [0.2, 0.25) is 0 Å². The van der Waals surface area contributed by atoms with Crippen molar-refractivity contribution >= 4 is 5.97 Å². The van der Waals surface area contributed by atoms with Gasteiger partial charge in [-0.3, -0.25) is 0 Å². The van der Waals surface area contributed by atoms with E-state index in [4.69, 9.17) is 4.42 Å². The highest BCUT2D eigenvalue weighted by Crippen LogP contribution is 2.34. The van der Waals surface area contributed by atoms with Crippen LogP contribution >= 0.6 is 0 Å². The summed E-state index contributed by atoms with van der Waals surface area (Å²) in [5.74, 6) is -0.0896. The molecule has 2 aromatic heterocycles. The van der Waals surface area contributed by atoms with Gasteiger partial charge in [0.25, 0.3) is 0 Å². The molecule has 0 radical (unpaired) electrons. The van der Waals surface area contributed by atoms with Gasteiger partial charge in [-0.05, 0) is 50.2 Å².